The first-order valence-corrected chi connectivity index (χ1v) is 12.0. The second kappa shape index (κ2) is 9.17. The quantitative estimate of drug-likeness (QED) is 0.495. The summed E-state index contributed by atoms with van der Waals surface area (Å²) in [7, 11) is 0. The molecule has 0 saturated carbocycles. The smallest absolute Gasteiger partial charge is 0.296 e. The summed E-state index contributed by atoms with van der Waals surface area (Å²) >= 11 is 6.56. The lowest BCUT2D eigenvalue weighted by molar-refractivity contribution is 0.00706. The average Bonchev–Trinajstić information content (AvgIpc) is 3.55. The minimum absolute atomic E-state index is 0.248. The van der Waals surface area contributed by atoms with Crippen molar-refractivity contribution >= 4 is 22.8 Å². The second-order valence-corrected chi connectivity index (χ2v) is 9.33. The van der Waals surface area contributed by atoms with Gasteiger partial charge in [0.1, 0.15) is 18.3 Å². The topological polar surface area (TPSA) is 102 Å². The van der Waals surface area contributed by atoms with Crippen molar-refractivity contribution in [1.29, 1.82) is 0 Å². The fourth-order valence-corrected chi connectivity index (χ4v) is 4.97. The van der Waals surface area contributed by atoms with Crippen LogP contribution in [0.2, 0.25) is 5.02 Å². The molecule has 0 bridgehead atoms. The number of aromatic nitrogens is 3. The summed E-state index contributed by atoms with van der Waals surface area (Å²) in [5.41, 5.74) is 3.70. The number of hydrogen-bond donors (Lipinski definition) is 3. The van der Waals surface area contributed by atoms with Crippen LogP contribution in [-0.2, 0) is 9.47 Å². The highest BCUT2D eigenvalue weighted by Crippen LogP contribution is 2.32. The number of fused-ring (bicyclic) bond motifs is 2. The molecule has 1 aromatic carbocycles. The fraction of sp³-hybridized carbons (Fsp3) is 0.440. The molecule has 34 heavy (non-hydrogen) atoms. The number of aliphatic hydroxyl groups is 1. The second-order valence-electron chi connectivity index (χ2n) is 8.92. The number of piperidine rings is 1. The minimum Gasteiger partial charge on any atom is -0.456 e. The van der Waals surface area contributed by atoms with Crippen LogP contribution in [-0.4, -0.2) is 70.8 Å². The number of halogens is 1. The molecular weight excluding hydrogens is 456 g/mol. The van der Waals surface area contributed by atoms with Gasteiger partial charge in [0, 0.05) is 17.0 Å². The Hall–Kier alpha value is -2.67. The molecule has 3 aromatic rings. The van der Waals surface area contributed by atoms with Crippen LogP contribution >= 0.6 is 11.6 Å². The molecule has 9 heteroatoms. The molecule has 0 unspecified atom stereocenters. The number of aliphatic hydroxyl groups excluding tert-OH is 1. The largest absolute Gasteiger partial charge is 0.456 e. The first-order chi connectivity index (χ1) is 16.6. The fourth-order valence-electron chi connectivity index (χ4n) is 4.71. The monoisotopic (exact) mass is 480 g/mol. The predicted molar refractivity (Wildman–Crippen MR) is 127 cm³/mol. The number of pyridine rings is 1. The third kappa shape index (κ3) is 4.26. The van der Waals surface area contributed by atoms with E-state index in [1.54, 1.807) is 6.07 Å². The number of nitrogens with zero attached hydrogens (tertiary/aromatic N) is 2. The van der Waals surface area contributed by atoms with Gasteiger partial charge in [0.05, 0.1) is 29.4 Å². The maximum absolute atomic E-state index is 9.91. The van der Waals surface area contributed by atoms with Crippen LogP contribution < -0.4 is 10.1 Å². The van der Waals surface area contributed by atoms with E-state index < -0.39 is 6.10 Å². The Kier molecular flexibility index (Phi) is 5.89. The van der Waals surface area contributed by atoms with Crippen molar-refractivity contribution in [3.8, 4) is 29.1 Å². The maximum Gasteiger partial charge on any atom is 0.296 e. The van der Waals surface area contributed by atoms with E-state index in [4.69, 9.17) is 25.8 Å². The number of hydrogen-bond acceptors (Lipinski definition) is 7. The van der Waals surface area contributed by atoms with Gasteiger partial charge in [-0.05, 0) is 44.1 Å². The van der Waals surface area contributed by atoms with Crippen molar-refractivity contribution in [2.75, 3.05) is 26.3 Å². The Balaban J connectivity index is 1.19. The zero-order valence-corrected chi connectivity index (χ0v) is 19.2. The van der Waals surface area contributed by atoms with Crippen molar-refractivity contribution in [2.24, 2.45) is 5.92 Å². The maximum atomic E-state index is 9.91. The van der Waals surface area contributed by atoms with Gasteiger partial charge in [0.2, 0.25) is 0 Å². The molecule has 3 N–H and O–H groups in total. The Bertz CT molecular complexity index is 1250. The SMILES string of the molecule is O[C@@H]1CO[C@H]2[C@@H]1OC[C@H]2Oc1nc2nc(-c3ccc(C#CC4CCNCC4)cc3)c(Cl)cc2[nH]1. The molecule has 3 saturated heterocycles. The molecule has 3 aliphatic heterocycles. The van der Waals surface area contributed by atoms with E-state index in [1.807, 2.05) is 24.3 Å². The van der Waals surface area contributed by atoms with Gasteiger partial charge >= 0.3 is 0 Å². The van der Waals surface area contributed by atoms with Gasteiger partial charge in [-0.15, -0.1) is 0 Å². The number of benzene rings is 1. The molecule has 3 aliphatic rings. The number of aromatic amines is 1. The summed E-state index contributed by atoms with van der Waals surface area (Å²) in [5.74, 6) is 7.14. The normalized spacial score (nSPS) is 26.9. The summed E-state index contributed by atoms with van der Waals surface area (Å²) in [4.78, 5) is 12.3. The number of nitrogens with one attached hydrogen (secondary N) is 2. The zero-order valence-electron chi connectivity index (χ0n) is 18.5. The molecule has 0 spiro atoms. The Morgan fingerprint density at radius 2 is 1.85 bits per heavy atom. The van der Waals surface area contributed by atoms with Gasteiger partial charge in [0.15, 0.2) is 11.8 Å². The molecular formula is C25H25ClN4O4. The van der Waals surface area contributed by atoms with Gasteiger partial charge < -0.3 is 29.6 Å². The van der Waals surface area contributed by atoms with Gasteiger partial charge in [0.25, 0.3) is 6.01 Å². The third-order valence-corrected chi connectivity index (χ3v) is 6.86. The lowest BCUT2D eigenvalue weighted by Crippen LogP contribution is -2.34. The summed E-state index contributed by atoms with van der Waals surface area (Å²) < 4.78 is 17.2. The van der Waals surface area contributed by atoms with Gasteiger partial charge in [-0.1, -0.05) is 35.6 Å². The standard InChI is InChI=1S/C25H25ClN4O4/c26-17-11-18-24(30-25(28-18)34-20-13-33-22-19(31)12-32-23(20)22)29-21(17)16-5-3-14(4-6-16)1-2-15-7-9-27-10-8-15/h3-6,11,15,19-20,22-23,27,31H,7-10,12-13H2,(H,28,29,30)/t19-,20-,22-,23-/m1/s1. The van der Waals surface area contributed by atoms with E-state index in [0.29, 0.717) is 40.4 Å². The molecule has 3 fully saturated rings. The number of ether oxygens (including phenoxy) is 3. The number of rotatable bonds is 3. The van der Waals surface area contributed by atoms with E-state index in [0.717, 1.165) is 37.1 Å². The highest BCUT2D eigenvalue weighted by molar-refractivity contribution is 6.33. The summed E-state index contributed by atoms with van der Waals surface area (Å²) in [6.07, 6.45) is 0.552. The molecule has 5 heterocycles. The Morgan fingerprint density at radius 3 is 2.68 bits per heavy atom. The van der Waals surface area contributed by atoms with Crippen molar-refractivity contribution in [2.45, 2.75) is 37.3 Å². The average molecular weight is 481 g/mol. The van der Waals surface area contributed by atoms with Crippen molar-refractivity contribution in [3.63, 3.8) is 0 Å². The highest BCUT2D eigenvalue weighted by atomic mass is 35.5. The first-order valence-electron chi connectivity index (χ1n) is 11.6. The van der Waals surface area contributed by atoms with Gasteiger partial charge in [-0.3, -0.25) is 0 Å². The van der Waals surface area contributed by atoms with Crippen LogP contribution in [0.5, 0.6) is 6.01 Å². The van der Waals surface area contributed by atoms with Crippen LogP contribution in [0.3, 0.4) is 0 Å². The molecule has 6 rings (SSSR count). The molecule has 8 nitrogen and oxygen atoms in total. The molecule has 2 aromatic heterocycles. The van der Waals surface area contributed by atoms with E-state index in [1.165, 1.54) is 0 Å². The molecule has 0 radical (unpaired) electrons. The molecule has 0 aliphatic carbocycles. The van der Waals surface area contributed by atoms with Crippen LogP contribution in [0, 0.1) is 17.8 Å². The van der Waals surface area contributed by atoms with Gasteiger partial charge in [-0.2, -0.15) is 4.98 Å². The summed E-state index contributed by atoms with van der Waals surface area (Å²) in [6.45, 7) is 2.66. The van der Waals surface area contributed by atoms with E-state index in [2.05, 4.69) is 32.1 Å². The lowest BCUT2D eigenvalue weighted by atomic mass is 9.98. The van der Waals surface area contributed by atoms with Crippen molar-refractivity contribution in [3.05, 3.63) is 40.9 Å². The lowest BCUT2D eigenvalue weighted by Gasteiger charge is -2.17. The molecule has 4 atom stereocenters. The van der Waals surface area contributed by atoms with Crippen LogP contribution in [0.25, 0.3) is 22.4 Å². The summed E-state index contributed by atoms with van der Waals surface area (Å²) in [6, 6.07) is 10.1. The van der Waals surface area contributed by atoms with Crippen molar-refractivity contribution in [1.82, 2.24) is 20.3 Å². The van der Waals surface area contributed by atoms with E-state index in [9.17, 15) is 5.11 Å². The van der Waals surface area contributed by atoms with E-state index >= 15 is 0 Å². The van der Waals surface area contributed by atoms with Crippen LogP contribution in [0.1, 0.15) is 18.4 Å². The number of imidazole rings is 1. The third-order valence-electron chi connectivity index (χ3n) is 6.57. The van der Waals surface area contributed by atoms with Crippen LogP contribution in [0.4, 0.5) is 0 Å². The van der Waals surface area contributed by atoms with Crippen molar-refractivity contribution < 1.29 is 19.3 Å². The summed E-state index contributed by atoms with van der Waals surface area (Å²) in [5, 5.41) is 13.8. The molecule has 176 valence electrons. The van der Waals surface area contributed by atoms with E-state index in [-0.39, 0.29) is 24.9 Å². The highest BCUT2D eigenvalue weighted by Gasteiger charge is 2.48. The first kappa shape index (κ1) is 21.8. The van der Waals surface area contributed by atoms with Crippen LogP contribution in [0.15, 0.2) is 30.3 Å². The zero-order chi connectivity index (χ0) is 23.1. The van der Waals surface area contributed by atoms with Gasteiger partial charge in [-0.25, -0.2) is 4.98 Å². The Morgan fingerprint density at radius 1 is 1.06 bits per heavy atom. The predicted octanol–water partition coefficient (Wildman–Crippen LogP) is 2.54. The number of H-pyrrole nitrogens is 1. The minimum atomic E-state index is -0.626. The molecule has 0 amide bonds. The Labute approximate surface area is 202 Å².